The number of benzene rings is 1. The zero-order valence-electron chi connectivity index (χ0n) is 11.3. The van der Waals surface area contributed by atoms with Crippen LogP contribution < -0.4 is 10.5 Å². The van der Waals surface area contributed by atoms with Gasteiger partial charge in [-0.05, 0) is 37.5 Å². The lowest BCUT2D eigenvalue weighted by atomic mass is 9.98. The van der Waals surface area contributed by atoms with Crippen molar-refractivity contribution in [3.05, 3.63) is 28.8 Å². The molecule has 108 valence electrons. The Kier molecular flexibility index (Phi) is 4.49. The Morgan fingerprint density at radius 1 is 1.45 bits per heavy atom. The summed E-state index contributed by atoms with van der Waals surface area (Å²) in [7, 11) is 0. The summed E-state index contributed by atoms with van der Waals surface area (Å²) in [6, 6.07) is 4.65. The Hall–Kier alpha value is -1.75. The quantitative estimate of drug-likeness (QED) is 0.672. The molecule has 1 unspecified atom stereocenters. The Bertz CT molecular complexity index is 533. The number of hydrogen-bond acceptors (Lipinski definition) is 3. The molecule has 0 saturated carbocycles. The van der Waals surface area contributed by atoms with Crippen LogP contribution in [0.5, 0.6) is 5.75 Å². The maximum atomic E-state index is 12.2. The maximum absolute atomic E-state index is 12.2. The Labute approximate surface area is 122 Å². The number of nitrogens with zero attached hydrogens (tertiary/aromatic N) is 1. The average molecular weight is 297 g/mol. The molecule has 5 nitrogen and oxygen atoms in total. The van der Waals surface area contributed by atoms with Crippen molar-refractivity contribution in [2.45, 2.75) is 19.8 Å². The van der Waals surface area contributed by atoms with Gasteiger partial charge in [-0.2, -0.15) is 0 Å². The molecule has 1 heterocycles. The van der Waals surface area contributed by atoms with Gasteiger partial charge in [0.25, 0.3) is 0 Å². The summed E-state index contributed by atoms with van der Waals surface area (Å²) < 4.78 is 5.39. The van der Waals surface area contributed by atoms with Crippen LogP contribution in [0.2, 0.25) is 5.02 Å². The summed E-state index contributed by atoms with van der Waals surface area (Å²) in [6.07, 6.45) is 1.44. The molecule has 1 saturated heterocycles. The van der Waals surface area contributed by atoms with Gasteiger partial charge in [0.1, 0.15) is 5.75 Å². The molecule has 0 radical (unpaired) electrons. The van der Waals surface area contributed by atoms with Crippen molar-refractivity contribution >= 4 is 23.6 Å². The van der Waals surface area contributed by atoms with Crippen LogP contribution in [0.15, 0.2) is 18.2 Å². The van der Waals surface area contributed by atoms with Gasteiger partial charge in [-0.1, -0.05) is 17.7 Å². The highest BCUT2D eigenvalue weighted by Gasteiger charge is 2.29. The molecular weight excluding hydrogens is 280 g/mol. The highest BCUT2D eigenvalue weighted by molar-refractivity contribution is 6.30. The van der Waals surface area contributed by atoms with Gasteiger partial charge < -0.3 is 15.4 Å². The number of ether oxygens (including phenoxy) is 1. The first-order valence-electron chi connectivity index (χ1n) is 6.49. The van der Waals surface area contributed by atoms with Crippen molar-refractivity contribution in [2.24, 2.45) is 11.7 Å². The van der Waals surface area contributed by atoms with Crippen LogP contribution in [0.25, 0.3) is 0 Å². The third-order valence-electron chi connectivity index (χ3n) is 3.43. The lowest BCUT2D eigenvalue weighted by Crippen LogP contribution is -2.45. The van der Waals surface area contributed by atoms with Gasteiger partial charge in [0.15, 0.2) is 0 Å². The van der Waals surface area contributed by atoms with Gasteiger partial charge in [0, 0.05) is 18.1 Å². The summed E-state index contributed by atoms with van der Waals surface area (Å²) in [5.41, 5.74) is 6.08. The molecule has 0 spiro atoms. The Morgan fingerprint density at radius 2 is 2.20 bits per heavy atom. The smallest absolute Gasteiger partial charge is 0.316 e. The minimum atomic E-state index is -0.499. The highest BCUT2D eigenvalue weighted by Crippen LogP contribution is 2.25. The van der Waals surface area contributed by atoms with E-state index in [1.54, 1.807) is 18.2 Å². The summed E-state index contributed by atoms with van der Waals surface area (Å²) in [6.45, 7) is 2.75. The summed E-state index contributed by atoms with van der Waals surface area (Å²) in [4.78, 5) is 24.8. The van der Waals surface area contributed by atoms with E-state index in [2.05, 4.69) is 0 Å². The number of halogens is 1. The fourth-order valence-corrected chi connectivity index (χ4v) is 2.41. The standard InChI is InChI=1S/C14H17ClN2O3/c1-9-4-5-11(15)7-12(9)20-13(18)10-3-2-6-17(8-10)14(16)19/h4-5,7,10H,2-3,6,8H2,1H3,(H2,16,19). The van der Waals surface area contributed by atoms with E-state index in [4.69, 9.17) is 22.1 Å². The van der Waals surface area contributed by atoms with Crippen molar-refractivity contribution in [2.75, 3.05) is 13.1 Å². The minimum Gasteiger partial charge on any atom is -0.426 e. The molecule has 1 atom stereocenters. The average Bonchev–Trinajstić information content (AvgIpc) is 2.43. The van der Waals surface area contributed by atoms with E-state index in [-0.39, 0.29) is 11.9 Å². The number of carbonyl (C=O) groups excluding carboxylic acids is 2. The lowest BCUT2D eigenvalue weighted by molar-refractivity contribution is -0.140. The fraction of sp³-hybridized carbons (Fsp3) is 0.429. The van der Waals surface area contributed by atoms with Crippen LogP contribution in [-0.2, 0) is 4.79 Å². The number of urea groups is 1. The number of rotatable bonds is 2. The van der Waals surface area contributed by atoms with Gasteiger partial charge in [-0.3, -0.25) is 4.79 Å². The number of esters is 1. The van der Waals surface area contributed by atoms with E-state index in [0.29, 0.717) is 30.3 Å². The molecule has 2 rings (SSSR count). The third kappa shape index (κ3) is 3.42. The third-order valence-corrected chi connectivity index (χ3v) is 3.66. The van der Waals surface area contributed by atoms with Gasteiger partial charge in [0.2, 0.25) is 0 Å². The van der Waals surface area contributed by atoms with E-state index in [1.165, 1.54) is 4.90 Å². The van der Waals surface area contributed by atoms with E-state index < -0.39 is 6.03 Å². The molecule has 2 N–H and O–H groups in total. The van der Waals surface area contributed by atoms with Crippen LogP contribution in [-0.4, -0.2) is 30.0 Å². The van der Waals surface area contributed by atoms with Gasteiger partial charge in [-0.15, -0.1) is 0 Å². The predicted molar refractivity (Wildman–Crippen MR) is 75.7 cm³/mol. The van der Waals surface area contributed by atoms with E-state index in [1.807, 2.05) is 6.92 Å². The predicted octanol–water partition coefficient (Wildman–Crippen LogP) is 2.34. The van der Waals surface area contributed by atoms with Crippen LogP contribution >= 0.6 is 11.6 Å². The zero-order valence-corrected chi connectivity index (χ0v) is 12.0. The van der Waals surface area contributed by atoms with Crippen molar-refractivity contribution in [3.63, 3.8) is 0 Å². The largest absolute Gasteiger partial charge is 0.426 e. The van der Waals surface area contributed by atoms with Crippen LogP contribution in [0.3, 0.4) is 0 Å². The number of nitrogens with two attached hydrogens (primary N) is 1. The second kappa shape index (κ2) is 6.13. The maximum Gasteiger partial charge on any atom is 0.316 e. The molecule has 1 aliphatic heterocycles. The Balaban J connectivity index is 2.04. The molecule has 0 aromatic heterocycles. The first-order valence-corrected chi connectivity index (χ1v) is 6.87. The van der Waals surface area contributed by atoms with Crippen molar-refractivity contribution in [1.82, 2.24) is 4.90 Å². The first kappa shape index (κ1) is 14.7. The van der Waals surface area contributed by atoms with Crippen molar-refractivity contribution < 1.29 is 14.3 Å². The topological polar surface area (TPSA) is 72.6 Å². The number of piperidine rings is 1. The number of hydrogen-bond donors (Lipinski definition) is 1. The van der Waals surface area contributed by atoms with E-state index in [0.717, 1.165) is 12.0 Å². The minimum absolute atomic E-state index is 0.313. The molecular formula is C14H17ClN2O3. The zero-order chi connectivity index (χ0) is 14.7. The molecule has 0 aliphatic carbocycles. The number of carbonyl (C=O) groups is 2. The van der Waals surface area contributed by atoms with Gasteiger partial charge >= 0.3 is 12.0 Å². The van der Waals surface area contributed by atoms with E-state index >= 15 is 0 Å². The van der Waals surface area contributed by atoms with Crippen LogP contribution in [0.4, 0.5) is 4.79 Å². The van der Waals surface area contributed by atoms with Gasteiger partial charge in [-0.25, -0.2) is 4.79 Å². The highest BCUT2D eigenvalue weighted by atomic mass is 35.5. The molecule has 0 bridgehead atoms. The number of likely N-dealkylation sites (tertiary alicyclic amines) is 1. The number of amides is 2. The molecule has 2 amide bonds. The lowest BCUT2D eigenvalue weighted by Gasteiger charge is -2.30. The molecule has 1 aromatic rings. The molecule has 1 aromatic carbocycles. The molecule has 1 fully saturated rings. The van der Waals surface area contributed by atoms with Crippen LogP contribution in [0, 0.1) is 12.8 Å². The SMILES string of the molecule is Cc1ccc(Cl)cc1OC(=O)C1CCCN(C(N)=O)C1. The van der Waals surface area contributed by atoms with E-state index in [9.17, 15) is 9.59 Å². The second-order valence-electron chi connectivity index (χ2n) is 4.95. The molecule has 20 heavy (non-hydrogen) atoms. The molecule has 1 aliphatic rings. The van der Waals surface area contributed by atoms with Crippen LogP contribution in [0.1, 0.15) is 18.4 Å². The van der Waals surface area contributed by atoms with Crippen molar-refractivity contribution in [1.29, 1.82) is 0 Å². The fourth-order valence-electron chi connectivity index (χ4n) is 2.25. The Morgan fingerprint density at radius 3 is 2.90 bits per heavy atom. The number of aryl methyl sites for hydroxylation is 1. The summed E-state index contributed by atoms with van der Waals surface area (Å²) >= 11 is 5.89. The van der Waals surface area contributed by atoms with Gasteiger partial charge in [0.05, 0.1) is 5.92 Å². The first-order chi connectivity index (χ1) is 9.47. The summed E-state index contributed by atoms with van der Waals surface area (Å²) in [5.74, 6) is -0.227. The summed E-state index contributed by atoms with van der Waals surface area (Å²) in [5, 5.41) is 0.515. The second-order valence-corrected chi connectivity index (χ2v) is 5.39. The number of primary amides is 1. The van der Waals surface area contributed by atoms with Crippen molar-refractivity contribution in [3.8, 4) is 5.75 Å². The molecule has 6 heteroatoms. The monoisotopic (exact) mass is 296 g/mol. The normalized spacial score (nSPS) is 18.7.